The zero-order chi connectivity index (χ0) is 21.8. The predicted octanol–water partition coefficient (Wildman–Crippen LogP) is 3.51. The molecule has 0 aliphatic carbocycles. The van der Waals surface area contributed by atoms with Crippen molar-refractivity contribution in [3.63, 3.8) is 0 Å². The second-order valence-electron chi connectivity index (χ2n) is 9.45. The van der Waals surface area contributed by atoms with Crippen LogP contribution in [0.1, 0.15) is 51.7 Å². The number of sulfone groups is 1. The summed E-state index contributed by atoms with van der Waals surface area (Å²) in [6.45, 7) is 13.7. The number of benzene rings is 1. The van der Waals surface area contributed by atoms with E-state index >= 15 is 0 Å². The maximum Gasteiger partial charge on any atom is 0.194 e. The molecule has 2 aliphatic rings. The summed E-state index contributed by atoms with van der Waals surface area (Å²) in [6, 6.07) is 8.71. The summed E-state index contributed by atoms with van der Waals surface area (Å²) in [5.74, 6) is 1.83. The SMILES string of the molecule is CCNC(=NCc1cccc(CN2CCC(C)CC2)c1)N1CCS(=O)(=O)C(C)(C)C1.I. The highest BCUT2D eigenvalue weighted by atomic mass is 127. The fraction of sp³-hybridized carbons (Fsp3) is 0.696. The molecular weight excluding hydrogens is 523 g/mol. The molecule has 2 fully saturated rings. The van der Waals surface area contributed by atoms with E-state index in [1.165, 1.54) is 37.1 Å². The number of aliphatic imine (C=N–C) groups is 1. The summed E-state index contributed by atoms with van der Waals surface area (Å²) in [5.41, 5.74) is 2.53. The lowest BCUT2D eigenvalue weighted by Gasteiger charge is -2.39. The van der Waals surface area contributed by atoms with E-state index in [4.69, 9.17) is 4.99 Å². The van der Waals surface area contributed by atoms with Gasteiger partial charge in [0.2, 0.25) is 0 Å². The minimum Gasteiger partial charge on any atom is -0.357 e. The van der Waals surface area contributed by atoms with Gasteiger partial charge in [0.25, 0.3) is 0 Å². The highest BCUT2D eigenvalue weighted by Crippen LogP contribution is 2.24. The second-order valence-corrected chi connectivity index (χ2v) is 12.2. The largest absolute Gasteiger partial charge is 0.357 e. The van der Waals surface area contributed by atoms with E-state index in [0.29, 0.717) is 19.6 Å². The van der Waals surface area contributed by atoms with E-state index in [0.717, 1.165) is 25.0 Å². The molecule has 2 saturated heterocycles. The van der Waals surface area contributed by atoms with Crippen molar-refractivity contribution >= 4 is 39.8 Å². The molecule has 0 aromatic heterocycles. The Morgan fingerprint density at radius 2 is 1.87 bits per heavy atom. The van der Waals surface area contributed by atoms with Crippen molar-refractivity contribution in [1.29, 1.82) is 0 Å². The Balaban J connectivity index is 0.00000341. The third-order valence-corrected chi connectivity index (χ3v) is 8.90. The van der Waals surface area contributed by atoms with Gasteiger partial charge in [-0.05, 0) is 63.7 Å². The topological polar surface area (TPSA) is 65.0 Å². The summed E-state index contributed by atoms with van der Waals surface area (Å²) < 4.78 is 23.9. The van der Waals surface area contributed by atoms with E-state index in [1.807, 2.05) is 20.8 Å². The second kappa shape index (κ2) is 11.3. The molecule has 0 unspecified atom stereocenters. The minimum absolute atomic E-state index is 0. The standard InChI is InChI=1S/C23H38N4O2S.HI/c1-5-24-22(27-13-14-30(28,29)23(3,4)18-27)25-16-20-7-6-8-21(15-20)17-26-11-9-19(2)10-12-26;/h6-8,15,19H,5,9-14,16-18H2,1-4H3,(H,24,25);1H. The number of nitrogens with zero attached hydrogens (tertiary/aromatic N) is 3. The van der Waals surface area contributed by atoms with Crippen molar-refractivity contribution in [1.82, 2.24) is 15.1 Å². The van der Waals surface area contributed by atoms with Crippen LogP contribution in [0, 0.1) is 5.92 Å². The number of guanidine groups is 1. The van der Waals surface area contributed by atoms with Crippen LogP contribution in [0.25, 0.3) is 0 Å². The third kappa shape index (κ3) is 7.05. The molecule has 0 bridgehead atoms. The van der Waals surface area contributed by atoms with Crippen LogP contribution in [0.2, 0.25) is 0 Å². The summed E-state index contributed by atoms with van der Waals surface area (Å²) in [6.07, 6.45) is 2.58. The lowest BCUT2D eigenvalue weighted by molar-refractivity contribution is 0.185. The molecular formula is C23H39IN4O2S. The van der Waals surface area contributed by atoms with Crippen molar-refractivity contribution in [3.05, 3.63) is 35.4 Å². The number of likely N-dealkylation sites (tertiary alicyclic amines) is 1. The Bertz CT molecular complexity index is 849. The molecule has 0 saturated carbocycles. The molecule has 31 heavy (non-hydrogen) atoms. The molecule has 1 aromatic carbocycles. The molecule has 6 nitrogen and oxygen atoms in total. The minimum atomic E-state index is -3.06. The van der Waals surface area contributed by atoms with Crippen molar-refractivity contribution < 1.29 is 8.42 Å². The maximum absolute atomic E-state index is 12.3. The van der Waals surface area contributed by atoms with Gasteiger partial charge in [-0.25, -0.2) is 13.4 Å². The Hall–Kier alpha value is -0.870. The quantitative estimate of drug-likeness (QED) is 0.338. The van der Waals surface area contributed by atoms with Gasteiger partial charge in [0, 0.05) is 26.2 Å². The lowest BCUT2D eigenvalue weighted by Crippen LogP contribution is -2.57. The number of halogens is 1. The Morgan fingerprint density at radius 3 is 2.52 bits per heavy atom. The summed E-state index contributed by atoms with van der Waals surface area (Å²) in [5, 5.41) is 3.34. The van der Waals surface area contributed by atoms with Gasteiger partial charge in [-0.3, -0.25) is 4.90 Å². The van der Waals surface area contributed by atoms with Crippen molar-refractivity contribution in [3.8, 4) is 0 Å². The van der Waals surface area contributed by atoms with E-state index in [-0.39, 0.29) is 29.7 Å². The molecule has 1 aromatic rings. The van der Waals surface area contributed by atoms with E-state index in [1.54, 1.807) is 0 Å². The normalized spacial score (nSPS) is 22.1. The van der Waals surface area contributed by atoms with Crippen LogP contribution in [0.5, 0.6) is 0 Å². The average molecular weight is 563 g/mol. The van der Waals surface area contributed by atoms with Gasteiger partial charge in [-0.1, -0.05) is 31.2 Å². The van der Waals surface area contributed by atoms with Crippen molar-refractivity contribution in [2.24, 2.45) is 10.9 Å². The van der Waals surface area contributed by atoms with Gasteiger partial charge < -0.3 is 10.2 Å². The molecule has 0 radical (unpaired) electrons. The van der Waals surface area contributed by atoms with Crippen LogP contribution in [-0.4, -0.2) is 67.4 Å². The van der Waals surface area contributed by atoms with Crippen LogP contribution in [0.3, 0.4) is 0 Å². The Morgan fingerprint density at radius 1 is 1.19 bits per heavy atom. The lowest BCUT2D eigenvalue weighted by atomic mass is 9.98. The van der Waals surface area contributed by atoms with E-state index < -0.39 is 14.6 Å². The zero-order valence-electron chi connectivity index (χ0n) is 19.4. The first-order valence-electron chi connectivity index (χ1n) is 11.3. The van der Waals surface area contributed by atoms with E-state index in [9.17, 15) is 8.42 Å². The van der Waals surface area contributed by atoms with Crippen LogP contribution in [0.15, 0.2) is 29.3 Å². The van der Waals surface area contributed by atoms with Gasteiger partial charge in [0.1, 0.15) is 0 Å². The summed E-state index contributed by atoms with van der Waals surface area (Å²) in [7, 11) is -3.06. The van der Waals surface area contributed by atoms with Crippen molar-refractivity contribution in [2.45, 2.75) is 58.4 Å². The summed E-state index contributed by atoms with van der Waals surface area (Å²) >= 11 is 0. The first-order valence-corrected chi connectivity index (χ1v) is 12.9. The van der Waals surface area contributed by atoms with Gasteiger partial charge in [0.05, 0.1) is 17.0 Å². The molecule has 176 valence electrons. The maximum atomic E-state index is 12.3. The first kappa shape index (κ1) is 26.4. The fourth-order valence-corrected chi connectivity index (χ4v) is 5.59. The predicted molar refractivity (Wildman–Crippen MR) is 140 cm³/mol. The number of hydrogen-bond acceptors (Lipinski definition) is 4. The molecule has 0 amide bonds. The fourth-order valence-electron chi connectivity index (χ4n) is 4.22. The molecule has 2 heterocycles. The van der Waals surface area contributed by atoms with E-state index in [2.05, 4.69) is 46.3 Å². The Kier molecular flexibility index (Phi) is 9.63. The Labute approximate surface area is 205 Å². The van der Waals surface area contributed by atoms with Crippen LogP contribution < -0.4 is 5.32 Å². The van der Waals surface area contributed by atoms with Crippen LogP contribution in [-0.2, 0) is 22.9 Å². The monoisotopic (exact) mass is 562 g/mol. The molecule has 0 spiro atoms. The number of rotatable bonds is 5. The first-order chi connectivity index (χ1) is 14.2. The van der Waals surface area contributed by atoms with Crippen molar-refractivity contribution in [2.75, 3.05) is 38.5 Å². The highest BCUT2D eigenvalue weighted by molar-refractivity contribution is 14.0. The zero-order valence-corrected chi connectivity index (χ0v) is 22.6. The van der Waals surface area contributed by atoms with Gasteiger partial charge in [-0.15, -0.1) is 24.0 Å². The molecule has 2 aliphatic heterocycles. The highest BCUT2D eigenvalue weighted by Gasteiger charge is 2.40. The average Bonchev–Trinajstić information content (AvgIpc) is 2.69. The van der Waals surface area contributed by atoms with Crippen LogP contribution >= 0.6 is 24.0 Å². The molecule has 1 N–H and O–H groups in total. The van der Waals surface area contributed by atoms with Gasteiger partial charge >= 0.3 is 0 Å². The molecule has 0 atom stereocenters. The number of nitrogens with one attached hydrogen (secondary N) is 1. The van der Waals surface area contributed by atoms with Gasteiger partial charge in [-0.2, -0.15) is 0 Å². The molecule has 3 rings (SSSR count). The summed E-state index contributed by atoms with van der Waals surface area (Å²) in [4.78, 5) is 9.47. The smallest absolute Gasteiger partial charge is 0.194 e. The third-order valence-electron chi connectivity index (χ3n) is 6.36. The number of hydrogen-bond donors (Lipinski definition) is 1. The van der Waals surface area contributed by atoms with Gasteiger partial charge in [0.15, 0.2) is 15.8 Å². The number of piperidine rings is 1. The molecule has 8 heteroatoms. The van der Waals surface area contributed by atoms with Crippen LogP contribution in [0.4, 0.5) is 0 Å².